The Morgan fingerprint density at radius 1 is 1.62 bits per heavy atom. The van der Waals surface area contributed by atoms with E-state index in [9.17, 15) is 0 Å². The molecule has 0 unspecified atom stereocenters. The molecule has 1 aromatic heterocycles. The molecule has 0 spiro atoms. The zero-order chi connectivity index (χ0) is 9.68. The van der Waals surface area contributed by atoms with Crippen molar-refractivity contribution in [2.75, 3.05) is 19.0 Å². The van der Waals surface area contributed by atoms with Crippen molar-refractivity contribution >= 4 is 5.82 Å². The molecule has 0 radical (unpaired) electrons. The van der Waals surface area contributed by atoms with Crippen molar-refractivity contribution in [2.24, 2.45) is 0 Å². The number of anilines is 1. The van der Waals surface area contributed by atoms with Gasteiger partial charge in [-0.3, -0.25) is 0 Å². The number of hydrogen-bond acceptors (Lipinski definition) is 4. The fourth-order valence-electron chi connectivity index (χ4n) is 0.969. The summed E-state index contributed by atoms with van der Waals surface area (Å²) in [6, 6.07) is 0. The lowest BCUT2D eigenvalue weighted by Crippen LogP contribution is -2.02. The highest BCUT2D eigenvalue weighted by Crippen LogP contribution is 2.19. The molecule has 0 bridgehead atoms. The van der Waals surface area contributed by atoms with Crippen LogP contribution in [0.2, 0.25) is 0 Å². The highest BCUT2D eigenvalue weighted by molar-refractivity contribution is 5.46. The Kier molecular flexibility index (Phi) is 3.25. The number of rotatable bonds is 4. The van der Waals surface area contributed by atoms with Crippen LogP contribution in [0, 0.1) is 6.92 Å². The summed E-state index contributed by atoms with van der Waals surface area (Å²) in [4.78, 5) is 8.04. The quantitative estimate of drug-likeness (QED) is 0.709. The lowest BCUT2D eigenvalue weighted by molar-refractivity contribution is 0.345. The molecule has 0 aliphatic heterocycles. The van der Waals surface area contributed by atoms with E-state index in [0.29, 0.717) is 12.5 Å². The molecule has 0 aliphatic rings. The predicted molar refractivity (Wildman–Crippen MR) is 52.0 cm³/mol. The van der Waals surface area contributed by atoms with Crippen molar-refractivity contribution in [1.29, 1.82) is 0 Å². The van der Waals surface area contributed by atoms with Gasteiger partial charge < -0.3 is 10.1 Å². The molecular formula is C9H13N3O. The van der Waals surface area contributed by atoms with E-state index in [-0.39, 0.29) is 0 Å². The summed E-state index contributed by atoms with van der Waals surface area (Å²) in [5.74, 6) is 1.38. The van der Waals surface area contributed by atoms with Crippen molar-refractivity contribution in [3.63, 3.8) is 0 Å². The molecular weight excluding hydrogens is 166 g/mol. The minimum Gasteiger partial charge on any atom is -0.473 e. The van der Waals surface area contributed by atoms with Crippen LogP contribution in [-0.2, 0) is 0 Å². The highest BCUT2D eigenvalue weighted by Gasteiger charge is 2.05. The standard InChI is InChI=1S/C9H13N3O/c1-4-5-13-9-7(2)8(10-3)11-6-12-9/h4,6H,1,5H2,2-3H3,(H,10,11,12). The number of nitrogens with zero attached hydrogens (tertiary/aromatic N) is 2. The van der Waals surface area contributed by atoms with Gasteiger partial charge in [-0.25, -0.2) is 9.97 Å². The van der Waals surface area contributed by atoms with E-state index >= 15 is 0 Å². The van der Waals surface area contributed by atoms with E-state index in [4.69, 9.17) is 4.74 Å². The van der Waals surface area contributed by atoms with Crippen LogP contribution in [0.25, 0.3) is 0 Å². The topological polar surface area (TPSA) is 47.0 Å². The van der Waals surface area contributed by atoms with Crippen molar-refractivity contribution in [3.8, 4) is 5.88 Å². The number of aromatic nitrogens is 2. The van der Waals surface area contributed by atoms with E-state index in [1.54, 1.807) is 6.08 Å². The van der Waals surface area contributed by atoms with Gasteiger partial charge in [-0.15, -0.1) is 0 Å². The normalized spacial score (nSPS) is 9.38. The van der Waals surface area contributed by atoms with Crippen LogP contribution < -0.4 is 10.1 Å². The fraction of sp³-hybridized carbons (Fsp3) is 0.333. The smallest absolute Gasteiger partial charge is 0.221 e. The first-order valence-electron chi connectivity index (χ1n) is 4.02. The third-order valence-electron chi connectivity index (χ3n) is 1.61. The van der Waals surface area contributed by atoms with Crippen molar-refractivity contribution in [3.05, 3.63) is 24.5 Å². The van der Waals surface area contributed by atoms with Gasteiger partial charge in [0.05, 0.1) is 5.56 Å². The molecule has 0 aromatic carbocycles. The molecule has 0 saturated heterocycles. The monoisotopic (exact) mass is 179 g/mol. The van der Waals surface area contributed by atoms with E-state index in [2.05, 4.69) is 21.9 Å². The van der Waals surface area contributed by atoms with Gasteiger partial charge in [0.2, 0.25) is 5.88 Å². The zero-order valence-corrected chi connectivity index (χ0v) is 7.87. The maximum absolute atomic E-state index is 5.32. The van der Waals surface area contributed by atoms with E-state index < -0.39 is 0 Å². The number of nitrogens with one attached hydrogen (secondary N) is 1. The summed E-state index contributed by atoms with van der Waals surface area (Å²) in [6.45, 7) is 5.93. The molecule has 1 N–H and O–H groups in total. The Morgan fingerprint density at radius 3 is 3.00 bits per heavy atom. The van der Waals surface area contributed by atoms with Gasteiger partial charge in [-0.1, -0.05) is 12.7 Å². The molecule has 0 amide bonds. The van der Waals surface area contributed by atoms with Gasteiger partial charge in [-0.05, 0) is 6.92 Å². The average Bonchev–Trinajstić information content (AvgIpc) is 2.16. The fourth-order valence-corrected chi connectivity index (χ4v) is 0.969. The van der Waals surface area contributed by atoms with Crippen LogP contribution in [0.15, 0.2) is 19.0 Å². The van der Waals surface area contributed by atoms with Crippen LogP contribution in [-0.4, -0.2) is 23.6 Å². The van der Waals surface area contributed by atoms with E-state index in [0.717, 1.165) is 11.4 Å². The van der Waals surface area contributed by atoms with Gasteiger partial charge in [0.25, 0.3) is 0 Å². The van der Waals surface area contributed by atoms with Gasteiger partial charge in [-0.2, -0.15) is 0 Å². The zero-order valence-electron chi connectivity index (χ0n) is 7.87. The number of hydrogen-bond donors (Lipinski definition) is 1. The predicted octanol–water partition coefficient (Wildman–Crippen LogP) is 1.39. The van der Waals surface area contributed by atoms with E-state index in [1.807, 2.05) is 14.0 Å². The molecule has 1 aromatic rings. The molecule has 13 heavy (non-hydrogen) atoms. The van der Waals surface area contributed by atoms with Gasteiger partial charge >= 0.3 is 0 Å². The van der Waals surface area contributed by atoms with Gasteiger partial charge in [0.1, 0.15) is 18.8 Å². The lowest BCUT2D eigenvalue weighted by atomic mass is 10.3. The Labute approximate surface area is 77.7 Å². The molecule has 0 saturated carbocycles. The largest absolute Gasteiger partial charge is 0.473 e. The van der Waals surface area contributed by atoms with E-state index in [1.165, 1.54) is 6.33 Å². The second kappa shape index (κ2) is 4.45. The first kappa shape index (κ1) is 9.51. The Bertz CT molecular complexity index is 299. The minimum absolute atomic E-state index is 0.459. The molecule has 0 aliphatic carbocycles. The van der Waals surface area contributed by atoms with Gasteiger partial charge in [0, 0.05) is 7.05 Å². The van der Waals surface area contributed by atoms with Crippen LogP contribution >= 0.6 is 0 Å². The number of ether oxygens (including phenoxy) is 1. The first-order chi connectivity index (χ1) is 6.29. The first-order valence-corrected chi connectivity index (χ1v) is 4.02. The Hall–Kier alpha value is -1.58. The maximum Gasteiger partial charge on any atom is 0.221 e. The van der Waals surface area contributed by atoms with Crippen LogP contribution in [0.3, 0.4) is 0 Å². The SMILES string of the molecule is C=CCOc1ncnc(NC)c1C. The summed E-state index contributed by atoms with van der Waals surface area (Å²) in [5, 5.41) is 2.96. The molecule has 0 atom stereocenters. The molecule has 70 valence electrons. The molecule has 1 heterocycles. The van der Waals surface area contributed by atoms with Crippen molar-refractivity contribution in [1.82, 2.24) is 9.97 Å². The lowest BCUT2D eigenvalue weighted by Gasteiger charge is -2.08. The van der Waals surface area contributed by atoms with Crippen molar-refractivity contribution < 1.29 is 4.74 Å². The molecule has 1 rings (SSSR count). The highest BCUT2D eigenvalue weighted by atomic mass is 16.5. The van der Waals surface area contributed by atoms with Crippen LogP contribution in [0.1, 0.15) is 5.56 Å². The third kappa shape index (κ3) is 2.18. The minimum atomic E-state index is 0.459. The molecule has 4 heteroatoms. The summed E-state index contributed by atoms with van der Waals surface area (Å²) in [5.41, 5.74) is 0.909. The van der Waals surface area contributed by atoms with Gasteiger partial charge in [0.15, 0.2) is 0 Å². The Morgan fingerprint density at radius 2 is 2.38 bits per heavy atom. The van der Waals surface area contributed by atoms with Crippen molar-refractivity contribution in [2.45, 2.75) is 6.92 Å². The second-order valence-corrected chi connectivity index (χ2v) is 2.50. The average molecular weight is 179 g/mol. The second-order valence-electron chi connectivity index (χ2n) is 2.50. The summed E-state index contributed by atoms with van der Waals surface area (Å²) >= 11 is 0. The Balaban J connectivity index is 2.87. The summed E-state index contributed by atoms with van der Waals surface area (Å²) < 4.78 is 5.32. The third-order valence-corrected chi connectivity index (χ3v) is 1.61. The molecule has 0 fully saturated rings. The maximum atomic E-state index is 5.32. The summed E-state index contributed by atoms with van der Waals surface area (Å²) in [6.07, 6.45) is 3.15. The van der Waals surface area contributed by atoms with Crippen LogP contribution in [0.5, 0.6) is 5.88 Å². The van der Waals surface area contributed by atoms with Crippen LogP contribution in [0.4, 0.5) is 5.82 Å². The molecule has 4 nitrogen and oxygen atoms in total. The summed E-state index contributed by atoms with van der Waals surface area (Å²) in [7, 11) is 1.81.